The smallest absolute Gasteiger partial charge is 0.00951 e. The maximum absolute atomic E-state index is 2.79. The molecule has 18 heavy (non-hydrogen) atoms. The molecular formula is C17H33N. The lowest BCUT2D eigenvalue weighted by molar-refractivity contribution is 0.125. The second kappa shape index (κ2) is 8.19. The van der Waals surface area contributed by atoms with Gasteiger partial charge in [0.15, 0.2) is 0 Å². The molecule has 0 radical (unpaired) electrons. The average molecular weight is 251 g/mol. The molecule has 0 aliphatic heterocycles. The summed E-state index contributed by atoms with van der Waals surface area (Å²) < 4.78 is 0. The second-order valence-corrected chi connectivity index (χ2v) is 6.66. The van der Waals surface area contributed by atoms with Crippen LogP contribution in [-0.2, 0) is 0 Å². The first-order valence-corrected chi connectivity index (χ1v) is 8.60. The maximum Gasteiger partial charge on any atom is 0.00951 e. The highest BCUT2D eigenvalue weighted by atomic mass is 15.2. The number of hydrogen-bond donors (Lipinski definition) is 0. The summed E-state index contributed by atoms with van der Waals surface area (Å²) in [4.78, 5) is 2.79. The highest BCUT2D eigenvalue weighted by Crippen LogP contribution is 2.27. The van der Waals surface area contributed by atoms with Crippen LogP contribution in [0.5, 0.6) is 0 Å². The molecule has 106 valence electrons. The Hall–Kier alpha value is -0.0400. The molecular weight excluding hydrogens is 218 g/mol. The van der Waals surface area contributed by atoms with Crippen molar-refractivity contribution >= 4 is 0 Å². The summed E-state index contributed by atoms with van der Waals surface area (Å²) in [5.41, 5.74) is 0. The molecule has 0 aromatic heterocycles. The van der Waals surface area contributed by atoms with Crippen molar-refractivity contribution in [2.24, 2.45) is 0 Å². The Morgan fingerprint density at radius 3 is 1.11 bits per heavy atom. The van der Waals surface area contributed by atoms with Gasteiger partial charge in [-0.1, -0.05) is 64.2 Å². The van der Waals surface area contributed by atoms with Crippen molar-refractivity contribution in [3.8, 4) is 0 Å². The summed E-state index contributed by atoms with van der Waals surface area (Å²) in [5, 5.41) is 0. The van der Waals surface area contributed by atoms with Crippen molar-refractivity contribution < 1.29 is 0 Å². The fourth-order valence-corrected chi connectivity index (χ4v) is 3.98. The van der Waals surface area contributed by atoms with Gasteiger partial charge in [-0.2, -0.15) is 0 Å². The Bertz CT molecular complexity index is 176. The molecule has 1 nitrogen and oxygen atoms in total. The molecule has 0 aromatic carbocycles. The molecule has 1 heteroatoms. The van der Waals surface area contributed by atoms with Crippen LogP contribution in [0.25, 0.3) is 0 Å². The van der Waals surface area contributed by atoms with Gasteiger partial charge in [0.1, 0.15) is 0 Å². The Kier molecular flexibility index (Phi) is 6.54. The normalized spacial score (nSPS) is 26.3. The average Bonchev–Trinajstić information content (AvgIpc) is 2.27. The third kappa shape index (κ3) is 4.57. The van der Waals surface area contributed by atoms with Crippen LogP contribution in [0.1, 0.15) is 89.9 Å². The van der Waals surface area contributed by atoms with Crippen LogP contribution in [-0.4, -0.2) is 24.0 Å². The van der Waals surface area contributed by atoms with Gasteiger partial charge in [-0.15, -0.1) is 0 Å². The Labute approximate surface area is 114 Å². The lowest BCUT2D eigenvalue weighted by atomic mass is 9.91. The van der Waals surface area contributed by atoms with E-state index in [2.05, 4.69) is 11.9 Å². The first kappa shape index (κ1) is 14.4. The quantitative estimate of drug-likeness (QED) is 0.656. The first-order valence-electron chi connectivity index (χ1n) is 8.60. The van der Waals surface area contributed by atoms with Gasteiger partial charge in [-0.05, 0) is 32.7 Å². The van der Waals surface area contributed by atoms with Crippen LogP contribution in [0.2, 0.25) is 0 Å². The molecule has 0 heterocycles. The Balaban J connectivity index is 1.83. The third-order valence-corrected chi connectivity index (χ3v) is 5.30. The predicted molar refractivity (Wildman–Crippen MR) is 80.0 cm³/mol. The molecule has 0 unspecified atom stereocenters. The van der Waals surface area contributed by atoms with E-state index in [1.165, 1.54) is 89.9 Å². The molecule has 0 saturated heterocycles. The summed E-state index contributed by atoms with van der Waals surface area (Å²) in [5.74, 6) is 0. The monoisotopic (exact) mass is 251 g/mol. The summed E-state index contributed by atoms with van der Waals surface area (Å²) in [6.45, 7) is 0. The lowest BCUT2D eigenvalue weighted by Gasteiger charge is -2.37. The van der Waals surface area contributed by atoms with Gasteiger partial charge in [-0.3, -0.25) is 0 Å². The highest BCUT2D eigenvalue weighted by molar-refractivity contribution is 4.79. The zero-order chi connectivity index (χ0) is 12.6. The molecule has 2 rings (SSSR count). The largest absolute Gasteiger partial charge is 0.300 e. The lowest BCUT2D eigenvalue weighted by Crippen LogP contribution is -2.41. The van der Waals surface area contributed by atoms with Crippen molar-refractivity contribution in [2.75, 3.05) is 7.05 Å². The minimum absolute atomic E-state index is 0.898. The van der Waals surface area contributed by atoms with Gasteiger partial charge in [-0.25, -0.2) is 0 Å². The zero-order valence-electron chi connectivity index (χ0n) is 12.5. The SMILES string of the molecule is CN(C1CCCCCCC1)C1CCCCCCC1. The molecule has 0 bridgehead atoms. The van der Waals surface area contributed by atoms with Crippen molar-refractivity contribution in [3.05, 3.63) is 0 Å². The van der Waals surface area contributed by atoms with E-state index in [4.69, 9.17) is 0 Å². The van der Waals surface area contributed by atoms with Crippen molar-refractivity contribution in [2.45, 2.75) is 102 Å². The summed E-state index contributed by atoms with van der Waals surface area (Å²) >= 11 is 0. The van der Waals surface area contributed by atoms with E-state index in [9.17, 15) is 0 Å². The van der Waals surface area contributed by atoms with Crippen LogP contribution >= 0.6 is 0 Å². The topological polar surface area (TPSA) is 3.24 Å². The molecule has 2 aliphatic carbocycles. The minimum Gasteiger partial charge on any atom is -0.300 e. The van der Waals surface area contributed by atoms with Gasteiger partial charge >= 0.3 is 0 Å². The van der Waals surface area contributed by atoms with E-state index in [-0.39, 0.29) is 0 Å². The summed E-state index contributed by atoms with van der Waals surface area (Å²) in [6.07, 6.45) is 20.7. The fraction of sp³-hybridized carbons (Fsp3) is 1.00. The molecule has 0 N–H and O–H groups in total. The van der Waals surface area contributed by atoms with Gasteiger partial charge in [0, 0.05) is 12.1 Å². The first-order chi connectivity index (χ1) is 8.88. The van der Waals surface area contributed by atoms with E-state index < -0.39 is 0 Å². The van der Waals surface area contributed by atoms with Gasteiger partial charge in [0.2, 0.25) is 0 Å². The maximum atomic E-state index is 2.79. The predicted octanol–water partition coefficient (Wildman–Crippen LogP) is 5.14. The summed E-state index contributed by atoms with van der Waals surface area (Å²) in [6, 6.07) is 1.80. The van der Waals surface area contributed by atoms with Crippen LogP contribution in [0.4, 0.5) is 0 Å². The molecule has 2 saturated carbocycles. The standard InChI is InChI=1S/C17H33N/c1-18(16-12-8-4-2-5-9-13-16)17-14-10-6-3-7-11-15-17/h16-17H,2-15H2,1H3. The van der Waals surface area contributed by atoms with Gasteiger partial charge in [0.25, 0.3) is 0 Å². The Morgan fingerprint density at radius 2 is 0.778 bits per heavy atom. The minimum atomic E-state index is 0.898. The van der Waals surface area contributed by atoms with E-state index in [0.717, 1.165) is 12.1 Å². The van der Waals surface area contributed by atoms with Crippen LogP contribution < -0.4 is 0 Å². The molecule has 0 aromatic rings. The summed E-state index contributed by atoms with van der Waals surface area (Å²) in [7, 11) is 2.43. The van der Waals surface area contributed by atoms with E-state index in [0.29, 0.717) is 0 Å². The Morgan fingerprint density at radius 1 is 0.500 bits per heavy atom. The van der Waals surface area contributed by atoms with E-state index in [1.54, 1.807) is 0 Å². The fourth-order valence-electron chi connectivity index (χ4n) is 3.98. The van der Waals surface area contributed by atoms with E-state index >= 15 is 0 Å². The van der Waals surface area contributed by atoms with Crippen molar-refractivity contribution in [1.29, 1.82) is 0 Å². The molecule has 0 spiro atoms. The zero-order valence-corrected chi connectivity index (χ0v) is 12.5. The number of hydrogen-bond acceptors (Lipinski definition) is 1. The second-order valence-electron chi connectivity index (χ2n) is 6.66. The number of rotatable bonds is 2. The van der Waals surface area contributed by atoms with Crippen LogP contribution in [0.3, 0.4) is 0 Å². The molecule has 0 atom stereocenters. The highest BCUT2D eigenvalue weighted by Gasteiger charge is 2.23. The van der Waals surface area contributed by atoms with Gasteiger partial charge < -0.3 is 4.90 Å². The van der Waals surface area contributed by atoms with Crippen LogP contribution in [0, 0.1) is 0 Å². The molecule has 0 amide bonds. The van der Waals surface area contributed by atoms with Crippen molar-refractivity contribution in [3.63, 3.8) is 0 Å². The molecule has 2 aliphatic rings. The van der Waals surface area contributed by atoms with Gasteiger partial charge in [0.05, 0.1) is 0 Å². The van der Waals surface area contributed by atoms with Crippen LogP contribution in [0.15, 0.2) is 0 Å². The third-order valence-electron chi connectivity index (χ3n) is 5.30. The van der Waals surface area contributed by atoms with E-state index in [1.807, 2.05) is 0 Å². The van der Waals surface area contributed by atoms with Crippen molar-refractivity contribution in [1.82, 2.24) is 4.90 Å². The number of nitrogens with zero attached hydrogens (tertiary/aromatic N) is 1. The molecule has 2 fully saturated rings.